The van der Waals surface area contributed by atoms with Crippen LogP contribution in [-0.4, -0.2) is 49.6 Å². The van der Waals surface area contributed by atoms with Gasteiger partial charge in [-0.05, 0) is 54.6 Å². The molecule has 0 aliphatic carbocycles. The molecule has 2 heterocycles. The Morgan fingerprint density at radius 2 is 1.71 bits per heavy atom. The van der Waals surface area contributed by atoms with Crippen LogP contribution >= 0.6 is 0 Å². The first-order valence-corrected chi connectivity index (χ1v) is 15.1. The Kier molecular flexibility index (Phi) is 9.43. The minimum absolute atomic E-state index is 0.0209. The van der Waals surface area contributed by atoms with Crippen LogP contribution in [0, 0.1) is 0 Å². The van der Waals surface area contributed by atoms with Crippen LogP contribution in [-0.2, 0) is 32.5 Å². The molecular formula is C32H35N3O5S. The van der Waals surface area contributed by atoms with Gasteiger partial charge in [0.1, 0.15) is 0 Å². The number of hydrogen-bond acceptors (Lipinski definition) is 7. The van der Waals surface area contributed by atoms with Crippen LogP contribution in [0.2, 0.25) is 0 Å². The van der Waals surface area contributed by atoms with Crippen LogP contribution in [0.1, 0.15) is 41.2 Å². The molecule has 3 unspecified atom stereocenters. The van der Waals surface area contributed by atoms with E-state index in [2.05, 4.69) is 21.7 Å². The average Bonchev–Trinajstić information content (AvgIpc) is 3.01. The summed E-state index contributed by atoms with van der Waals surface area (Å²) < 4.78 is 41.4. The van der Waals surface area contributed by atoms with Gasteiger partial charge in [0.25, 0.3) is 10.0 Å². The van der Waals surface area contributed by atoms with E-state index >= 15 is 0 Å². The van der Waals surface area contributed by atoms with Gasteiger partial charge in [0.2, 0.25) is 0 Å². The van der Waals surface area contributed by atoms with E-state index in [4.69, 9.17) is 9.47 Å². The molecule has 3 atom stereocenters. The van der Waals surface area contributed by atoms with E-state index < -0.39 is 16.3 Å². The van der Waals surface area contributed by atoms with Crippen LogP contribution in [0.3, 0.4) is 0 Å². The minimum Gasteiger partial charge on any atom is -0.392 e. The van der Waals surface area contributed by atoms with Gasteiger partial charge in [0.15, 0.2) is 6.29 Å². The molecule has 0 radical (unpaired) electrons. The number of sulfonamides is 1. The van der Waals surface area contributed by atoms with Crippen LogP contribution in [0.5, 0.6) is 0 Å². The molecule has 9 heteroatoms. The summed E-state index contributed by atoms with van der Waals surface area (Å²) in [7, 11) is -1.67. The maximum Gasteiger partial charge on any atom is 0.261 e. The molecule has 1 saturated heterocycles. The number of ether oxygens (including phenoxy) is 2. The van der Waals surface area contributed by atoms with E-state index in [1.54, 1.807) is 48.5 Å². The van der Waals surface area contributed by atoms with Crippen LogP contribution < -0.4 is 4.72 Å². The smallest absolute Gasteiger partial charge is 0.261 e. The standard InChI is InChI=1S/C32H35N3O5S/c1-35(19-17-27-9-5-6-18-33-27)22-29-21-31(25-15-13-24(23-36)14-16-25)40-32(39-29)26-8-7-10-28(20-26)34-41(37,38)30-11-3-2-4-12-30/h2-16,18,20,29,31-32,34,36H,17,19,21-23H2,1H3. The Labute approximate surface area is 241 Å². The topological polar surface area (TPSA) is 101 Å². The zero-order chi connectivity index (χ0) is 28.7. The molecule has 1 aromatic heterocycles. The van der Waals surface area contributed by atoms with Crippen LogP contribution in [0.25, 0.3) is 0 Å². The Bertz CT molecular complexity index is 1500. The van der Waals surface area contributed by atoms with E-state index in [1.165, 1.54) is 0 Å². The third-order valence-corrected chi connectivity index (χ3v) is 8.47. The number of hydrogen-bond donors (Lipinski definition) is 2. The average molecular weight is 574 g/mol. The van der Waals surface area contributed by atoms with Gasteiger partial charge >= 0.3 is 0 Å². The predicted octanol–water partition coefficient (Wildman–Crippen LogP) is 5.09. The van der Waals surface area contributed by atoms with E-state index in [-0.39, 0.29) is 23.7 Å². The first kappa shape index (κ1) is 28.9. The lowest BCUT2D eigenvalue weighted by Crippen LogP contribution is -2.38. The SMILES string of the molecule is CN(CCc1ccccn1)CC1CC(c2ccc(CO)cc2)OC(c2cccc(NS(=O)(=O)c3ccccc3)c2)O1. The van der Waals surface area contributed by atoms with Gasteiger partial charge in [-0.25, -0.2) is 8.42 Å². The number of rotatable bonds is 11. The zero-order valence-electron chi connectivity index (χ0n) is 23.0. The van der Waals surface area contributed by atoms with Gasteiger partial charge < -0.3 is 19.5 Å². The van der Waals surface area contributed by atoms with E-state index in [0.29, 0.717) is 18.7 Å². The second-order valence-electron chi connectivity index (χ2n) is 10.2. The summed E-state index contributed by atoms with van der Waals surface area (Å²) in [6.07, 6.45) is 2.24. The zero-order valence-corrected chi connectivity index (χ0v) is 23.8. The summed E-state index contributed by atoms with van der Waals surface area (Å²) in [4.78, 5) is 6.85. The monoisotopic (exact) mass is 573 g/mol. The van der Waals surface area contributed by atoms with Crippen molar-refractivity contribution in [1.82, 2.24) is 9.88 Å². The van der Waals surface area contributed by atoms with Crippen molar-refractivity contribution < 1.29 is 23.0 Å². The number of aromatic nitrogens is 1. The second-order valence-corrected chi connectivity index (χ2v) is 11.9. The summed E-state index contributed by atoms with van der Waals surface area (Å²) in [5.74, 6) is 0. The molecule has 41 heavy (non-hydrogen) atoms. The van der Waals surface area contributed by atoms with E-state index in [1.807, 2.05) is 54.7 Å². The normalized spacial score (nSPS) is 19.2. The fourth-order valence-corrected chi connectivity index (χ4v) is 5.96. The molecule has 8 nitrogen and oxygen atoms in total. The number of aliphatic hydroxyl groups excluding tert-OH is 1. The lowest BCUT2D eigenvalue weighted by molar-refractivity contribution is -0.252. The molecule has 1 fully saturated rings. The largest absolute Gasteiger partial charge is 0.392 e. The molecule has 4 aromatic rings. The Morgan fingerprint density at radius 1 is 0.927 bits per heavy atom. The van der Waals surface area contributed by atoms with Crippen LogP contribution in [0.15, 0.2) is 108 Å². The first-order valence-electron chi connectivity index (χ1n) is 13.7. The Morgan fingerprint density at radius 3 is 2.44 bits per heavy atom. The Hall–Kier alpha value is -3.60. The summed E-state index contributed by atoms with van der Waals surface area (Å²) in [5.41, 5.74) is 4.02. The molecule has 0 saturated carbocycles. The van der Waals surface area contributed by atoms with Gasteiger partial charge in [0, 0.05) is 49.1 Å². The van der Waals surface area contributed by atoms with Crippen molar-refractivity contribution >= 4 is 15.7 Å². The first-order chi connectivity index (χ1) is 19.9. The predicted molar refractivity (Wildman–Crippen MR) is 158 cm³/mol. The molecular weight excluding hydrogens is 538 g/mol. The highest BCUT2D eigenvalue weighted by molar-refractivity contribution is 7.92. The van der Waals surface area contributed by atoms with Crippen molar-refractivity contribution in [3.63, 3.8) is 0 Å². The number of benzene rings is 3. The highest BCUT2D eigenvalue weighted by Crippen LogP contribution is 2.38. The number of likely N-dealkylation sites (N-methyl/N-ethyl adjacent to an activating group) is 1. The van der Waals surface area contributed by atoms with Crippen molar-refractivity contribution in [2.75, 3.05) is 24.9 Å². The maximum atomic E-state index is 12.9. The number of anilines is 1. The number of nitrogens with one attached hydrogen (secondary N) is 1. The molecule has 3 aromatic carbocycles. The third-order valence-electron chi connectivity index (χ3n) is 7.07. The van der Waals surface area contributed by atoms with Gasteiger partial charge in [0.05, 0.1) is 23.7 Å². The molecule has 0 amide bonds. The lowest BCUT2D eigenvalue weighted by Gasteiger charge is -2.38. The maximum absolute atomic E-state index is 12.9. The van der Waals surface area contributed by atoms with Gasteiger partial charge in [-0.1, -0.05) is 60.7 Å². The molecule has 2 N–H and O–H groups in total. The van der Waals surface area contributed by atoms with Crippen molar-refractivity contribution in [3.05, 3.63) is 126 Å². The summed E-state index contributed by atoms with van der Waals surface area (Å²) in [6.45, 7) is 1.50. The van der Waals surface area contributed by atoms with E-state index in [0.717, 1.165) is 35.3 Å². The van der Waals surface area contributed by atoms with Crippen molar-refractivity contribution in [1.29, 1.82) is 0 Å². The molecule has 0 spiro atoms. The Balaban J connectivity index is 1.34. The van der Waals surface area contributed by atoms with Gasteiger partial charge in [-0.3, -0.25) is 9.71 Å². The number of aliphatic hydroxyl groups is 1. The van der Waals surface area contributed by atoms with Gasteiger partial charge in [-0.15, -0.1) is 0 Å². The van der Waals surface area contributed by atoms with Crippen molar-refractivity contribution in [2.45, 2.75) is 42.8 Å². The summed E-state index contributed by atoms with van der Waals surface area (Å²) >= 11 is 0. The highest BCUT2D eigenvalue weighted by atomic mass is 32.2. The molecule has 214 valence electrons. The lowest BCUT2D eigenvalue weighted by atomic mass is 9.99. The summed E-state index contributed by atoms with van der Waals surface area (Å²) in [6, 6.07) is 29.1. The molecule has 1 aliphatic rings. The second kappa shape index (κ2) is 13.4. The van der Waals surface area contributed by atoms with Crippen molar-refractivity contribution in [3.8, 4) is 0 Å². The molecule has 1 aliphatic heterocycles. The van der Waals surface area contributed by atoms with Crippen molar-refractivity contribution in [2.24, 2.45) is 0 Å². The quantitative estimate of drug-likeness (QED) is 0.258. The fraction of sp³-hybridized carbons (Fsp3) is 0.281. The third kappa shape index (κ3) is 7.78. The number of pyridine rings is 1. The minimum atomic E-state index is -3.74. The fourth-order valence-electron chi connectivity index (χ4n) is 4.89. The molecule has 5 rings (SSSR count). The van der Waals surface area contributed by atoms with Gasteiger partial charge in [-0.2, -0.15) is 0 Å². The highest BCUT2D eigenvalue weighted by Gasteiger charge is 2.33. The van der Waals surface area contributed by atoms with E-state index in [9.17, 15) is 13.5 Å². The van der Waals surface area contributed by atoms with Crippen LogP contribution in [0.4, 0.5) is 5.69 Å². The summed E-state index contributed by atoms with van der Waals surface area (Å²) in [5, 5.41) is 9.47. The number of nitrogens with zero attached hydrogens (tertiary/aromatic N) is 2. The molecule has 0 bridgehead atoms.